The minimum Gasteiger partial charge on any atom is -0.484 e. The van der Waals surface area contributed by atoms with Gasteiger partial charge in [0.25, 0.3) is 11.8 Å². The molecule has 0 atom stereocenters. The zero-order valence-electron chi connectivity index (χ0n) is 14.7. The van der Waals surface area contributed by atoms with Crippen LogP contribution < -0.4 is 4.74 Å². The number of amides is 2. The van der Waals surface area contributed by atoms with Crippen molar-refractivity contribution in [2.45, 2.75) is 6.92 Å². The van der Waals surface area contributed by atoms with E-state index >= 15 is 0 Å². The van der Waals surface area contributed by atoms with Gasteiger partial charge >= 0.3 is 0 Å². The Balaban J connectivity index is 1.51. The Morgan fingerprint density at radius 1 is 1.00 bits per heavy atom. The van der Waals surface area contributed by atoms with E-state index in [1.165, 1.54) is 18.2 Å². The molecule has 2 aromatic carbocycles. The van der Waals surface area contributed by atoms with E-state index in [4.69, 9.17) is 4.74 Å². The molecule has 1 heterocycles. The molecule has 1 saturated heterocycles. The number of halogens is 1. The van der Waals surface area contributed by atoms with E-state index in [0.29, 0.717) is 37.5 Å². The van der Waals surface area contributed by atoms with Gasteiger partial charge in [-0.2, -0.15) is 0 Å². The predicted octanol–water partition coefficient (Wildman–Crippen LogP) is 2.50. The lowest BCUT2D eigenvalue weighted by Gasteiger charge is -2.34. The summed E-state index contributed by atoms with van der Waals surface area (Å²) in [5.74, 6) is -0.0577. The Bertz CT molecular complexity index is 801. The van der Waals surface area contributed by atoms with Gasteiger partial charge in [-0.1, -0.05) is 24.3 Å². The Kier molecular flexibility index (Phi) is 5.51. The first-order valence-electron chi connectivity index (χ1n) is 8.55. The van der Waals surface area contributed by atoms with E-state index in [1.54, 1.807) is 15.9 Å². The van der Waals surface area contributed by atoms with Crippen LogP contribution in [0.4, 0.5) is 4.39 Å². The van der Waals surface area contributed by atoms with E-state index in [2.05, 4.69) is 0 Å². The maximum Gasteiger partial charge on any atom is 0.260 e. The number of aryl methyl sites for hydroxylation is 1. The fourth-order valence-electron chi connectivity index (χ4n) is 2.91. The molecule has 0 spiro atoms. The number of ether oxygens (including phenoxy) is 1. The Hall–Kier alpha value is -2.89. The molecule has 1 fully saturated rings. The molecular weight excluding hydrogens is 335 g/mol. The fraction of sp³-hybridized carbons (Fsp3) is 0.300. The summed E-state index contributed by atoms with van der Waals surface area (Å²) in [5, 5.41) is 0. The molecule has 26 heavy (non-hydrogen) atoms. The first-order valence-corrected chi connectivity index (χ1v) is 8.55. The first kappa shape index (κ1) is 17.9. The van der Waals surface area contributed by atoms with Crippen LogP contribution in [0.5, 0.6) is 5.75 Å². The summed E-state index contributed by atoms with van der Waals surface area (Å²) < 4.78 is 18.9. The number of hydrogen-bond donors (Lipinski definition) is 0. The van der Waals surface area contributed by atoms with Crippen molar-refractivity contribution in [3.05, 3.63) is 65.5 Å². The average Bonchev–Trinajstić information content (AvgIpc) is 2.66. The van der Waals surface area contributed by atoms with Crippen LogP contribution in [0.25, 0.3) is 0 Å². The number of rotatable bonds is 4. The molecule has 0 aliphatic carbocycles. The van der Waals surface area contributed by atoms with Crippen LogP contribution in [0.3, 0.4) is 0 Å². The van der Waals surface area contributed by atoms with Crippen LogP contribution in [0.1, 0.15) is 15.9 Å². The van der Waals surface area contributed by atoms with Gasteiger partial charge in [-0.15, -0.1) is 0 Å². The third kappa shape index (κ3) is 4.20. The van der Waals surface area contributed by atoms with Crippen molar-refractivity contribution in [1.82, 2.24) is 9.80 Å². The molecule has 0 unspecified atom stereocenters. The highest BCUT2D eigenvalue weighted by molar-refractivity contribution is 5.94. The zero-order valence-corrected chi connectivity index (χ0v) is 14.7. The van der Waals surface area contributed by atoms with E-state index in [-0.39, 0.29) is 18.4 Å². The molecule has 2 amide bonds. The molecule has 3 rings (SSSR count). The molecule has 6 heteroatoms. The lowest BCUT2D eigenvalue weighted by Crippen LogP contribution is -2.51. The molecule has 5 nitrogen and oxygen atoms in total. The summed E-state index contributed by atoms with van der Waals surface area (Å²) in [4.78, 5) is 28.1. The molecule has 0 aromatic heterocycles. The second-order valence-electron chi connectivity index (χ2n) is 6.24. The number of carbonyl (C=O) groups is 2. The molecule has 2 aromatic rings. The Morgan fingerprint density at radius 2 is 1.69 bits per heavy atom. The van der Waals surface area contributed by atoms with Crippen molar-refractivity contribution in [1.29, 1.82) is 0 Å². The third-order valence-corrected chi connectivity index (χ3v) is 4.44. The number of piperazine rings is 1. The van der Waals surface area contributed by atoms with Crippen LogP contribution in [0.15, 0.2) is 48.5 Å². The van der Waals surface area contributed by atoms with E-state index in [1.807, 2.05) is 31.2 Å². The van der Waals surface area contributed by atoms with Crippen molar-refractivity contribution in [3.63, 3.8) is 0 Å². The maximum atomic E-state index is 13.3. The molecule has 0 N–H and O–H groups in total. The monoisotopic (exact) mass is 356 g/mol. The van der Waals surface area contributed by atoms with Gasteiger partial charge in [0, 0.05) is 31.7 Å². The van der Waals surface area contributed by atoms with Gasteiger partial charge in [-0.3, -0.25) is 9.59 Å². The topological polar surface area (TPSA) is 49.9 Å². The van der Waals surface area contributed by atoms with Crippen LogP contribution in [-0.4, -0.2) is 54.4 Å². The van der Waals surface area contributed by atoms with Gasteiger partial charge < -0.3 is 14.5 Å². The van der Waals surface area contributed by atoms with Gasteiger partial charge in [0.15, 0.2) is 6.61 Å². The van der Waals surface area contributed by atoms with Crippen LogP contribution in [-0.2, 0) is 4.79 Å². The number of para-hydroxylation sites is 1. The molecule has 0 bridgehead atoms. The standard InChI is InChI=1S/C20H21FN2O3/c1-15-5-2-3-8-18(15)26-14-19(24)22-9-11-23(12-10-22)20(25)16-6-4-7-17(21)13-16/h2-8,13H,9-12,14H2,1H3. The molecule has 136 valence electrons. The van der Waals surface area contributed by atoms with Gasteiger partial charge in [0.1, 0.15) is 11.6 Å². The largest absolute Gasteiger partial charge is 0.484 e. The molecule has 1 aliphatic heterocycles. The smallest absolute Gasteiger partial charge is 0.260 e. The van der Waals surface area contributed by atoms with E-state index in [9.17, 15) is 14.0 Å². The summed E-state index contributed by atoms with van der Waals surface area (Å²) in [6.07, 6.45) is 0. The average molecular weight is 356 g/mol. The number of hydrogen-bond acceptors (Lipinski definition) is 3. The van der Waals surface area contributed by atoms with Gasteiger partial charge in [0.2, 0.25) is 0 Å². The summed E-state index contributed by atoms with van der Waals surface area (Å²) in [6, 6.07) is 13.2. The van der Waals surface area contributed by atoms with Gasteiger partial charge in [-0.05, 0) is 36.8 Å². The summed E-state index contributed by atoms with van der Waals surface area (Å²) in [5.41, 5.74) is 1.30. The highest BCUT2D eigenvalue weighted by Gasteiger charge is 2.25. The van der Waals surface area contributed by atoms with Crippen LogP contribution >= 0.6 is 0 Å². The number of carbonyl (C=O) groups excluding carboxylic acids is 2. The van der Waals surface area contributed by atoms with Gasteiger partial charge in [0.05, 0.1) is 0 Å². The second kappa shape index (κ2) is 7.99. The van der Waals surface area contributed by atoms with Crippen molar-refractivity contribution >= 4 is 11.8 Å². The minimum absolute atomic E-state index is 0.0251. The third-order valence-electron chi connectivity index (χ3n) is 4.44. The summed E-state index contributed by atoms with van der Waals surface area (Å²) in [7, 11) is 0. The highest BCUT2D eigenvalue weighted by Crippen LogP contribution is 2.16. The molecule has 0 radical (unpaired) electrons. The van der Waals surface area contributed by atoms with E-state index in [0.717, 1.165) is 5.56 Å². The second-order valence-corrected chi connectivity index (χ2v) is 6.24. The van der Waals surface area contributed by atoms with Crippen molar-refractivity contribution in [3.8, 4) is 5.75 Å². The first-order chi connectivity index (χ1) is 12.5. The quantitative estimate of drug-likeness (QED) is 0.846. The Morgan fingerprint density at radius 3 is 2.38 bits per heavy atom. The molecule has 1 aliphatic rings. The van der Waals surface area contributed by atoms with Crippen molar-refractivity contribution in [2.24, 2.45) is 0 Å². The van der Waals surface area contributed by atoms with E-state index < -0.39 is 5.82 Å². The van der Waals surface area contributed by atoms with Crippen LogP contribution in [0, 0.1) is 12.7 Å². The van der Waals surface area contributed by atoms with Crippen molar-refractivity contribution in [2.75, 3.05) is 32.8 Å². The SMILES string of the molecule is Cc1ccccc1OCC(=O)N1CCN(C(=O)c2cccc(F)c2)CC1. The highest BCUT2D eigenvalue weighted by atomic mass is 19.1. The lowest BCUT2D eigenvalue weighted by molar-refractivity contribution is -0.134. The summed E-state index contributed by atoms with van der Waals surface area (Å²) >= 11 is 0. The molecular formula is C20H21FN2O3. The maximum absolute atomic E-state index is 13.3. The van der Waals surface area contributed by atoms with Gasteiger partial charge in [-0.25, -0.2) is 4.39 Å². The predicted molar refractivity (Wildman–Crippen MR) is 95.6 cm³/mol. The molecule has 0 saturated carbocycles. The van der Waals surface area contributed by atoms with Crippen LogP contribution in [0.2, 0.25) is 0 Å². The fourth-order valence-corrected chi connectivity index (χ4v) is 2.91. The van der Waals surface area contributed by atoms with Crippen molar-refractivity contribution < 1.29 is 18.7 Å². The summed E-state index contributed by atoms with van der Waals surface area (Å²) in [6.45, 7) is 3.63. The number of benzene rings is 2. The zero-order chi connectivity index (χ0) is 18.5. The normalized spacial score (nSPS) is 14.2. The minimum atomic E-state index is -0.432. The Labute approximate surface area is 152 Å². The number of nitrogens with zero attached hydrogens (tertiary/aromatic N) is 2. The lowest BCUT2D eigenvalue weighted by atomic mass is 10.1.